The van der Waals surface area contributed by atoms with Crippen molar-refractivity contribution in [2.24, 2.45) is 0 Å². The van der Waals surface area contributed by atoms with Crippen LogP contribution >= 0.6 is 11.3 Å². The Morgan fingerprint density at radius 2 is 2.33 bits per heavy atom. The second-order valence-corrected chi connectivity index (χ2v) is 3.18. The Labute approximate surface area is 72.8 Å². The van der Waals surface area contributed by atoms with Crippen molar-refractivity contribution in [2.45, 2.75) is 0 Å². The molecule has 2 rings (SSSR count). The SMILES string of the molecule is O=[N+]([O-])c1sccc2[c]ccc1-2. The lowest BCUT2D eigenvalue weighted by Crippen LogP contribution is -1.87. The molecule has 0 spiro atoms. The Bertz CT molecular complexity index is 396. The van der Waals surface area contributed by atoms with Crippen molar-refractivity contribution in [3.8, 4) is 11.1 Å². The summed E-state index contributed by atoms with van der Waals surface area (Å²) < 4.78 is 0. The van der Waals surface area contributed by atoms with Crippen molar-refractivity contribution in [1.82, 2.24) is 0 Å². The third-order valence-electron chi connectivity index (χ3n) is 1.59. The second-order valence-electron chi connectivity index (χ2n) is 2.29. The molecular weight excluding hydrogens is 174 g/mol. The number of nitrogens with zero attached hydrogens (tertiary/aromatic N) is 1. The maximum Gasteiger partial charge on any atom is 0.331 e. The Hall–Kier alpha value is -1.42. The van der Waals surface area contributed by atoms with Gasteiger partial charge in [-0.15, -0.1) is 0 Å². The van der Waals surface area contributed by atoms with E-state index in [-0.39, 0.29) is 9.92 Å². The van der Waals surface area contributed by atoms with Gasteiger partial charge in [-0.05, 0) is 29.1 Å². The Balaban J connectivity index is 2.71. The van der Waals surface area contributed by atoms with Gasteiger partial charge in [0, 0.05) is 0 Å². The fourth-order valence-electron chi connectivity index (χ4n) is 1.08. The van der Waals surface area contributed by atoms with Gasteiger partial charge in [-0.1, -0.05) is 17.4 Å². The average Bonchev–Trinajstić information content (AvgIpc) is 2.49. The van der Waals surface area contributed by atoms with Crippen LogP contribution in [0.25, 0.3) is 11.1 Å². The van der Waals surface area contributed by atoms with Crippen molar-refractivity contribution in [1.29, 1.82) is 0 Å². The van der Waals surface area contributed by atoms with Gasteiger partial charge in [0.1, 0.15) is 0 Å². The summed E-state index contributed by atoms with van der Waals surface area (Å²) in [6.45, 7) is 0. The molecule has 1 aliphatic carbocycles. The van der Waals surface area contributed by atoms with E-state index >= 15 is 0 Å². The molecule has 0 aromatic rings. The van der Waals surface area contributed by atoms with Crippen LogP contribution in [0.2, 0.25) is 0 Å². The predicted octanol–water partition coefficient (Wildman–Crippen LogP) is 2.56. The van der Waals surface area contributed by atoms with Crippen LogP contribution in [0.1, 0.15) is 0 Å². The first-order chi connectivity index (χ1) is 5.79. The van der Waals surface area contributed by atoms with Crippen molar-refractivity contribution in [2.75, 3.05) is 0 Å². The molecule has 0 fully saturated rings. The van der Waals surface area contributed by atoms with Crippen LogP contribution in [-0.4, -0.2) is 4.92 Å². The van der Waals surface area contributed by atoms with Gasteiger partial charge in [0.05, 0.1) is 10.5 Å². The lowest BCUT2D eigenvalue weighted by atomic mass is 10.2. The van der Waals surface area contributed by atoms with E-state index < -0.39 is 0 Å². The minimum atomic E-state index is -0.360. The number of hydrogen-bond donors (Lipinski definition) is 0. The molecule has 59 valence electrons. The van der Waals surface area contributed by atoms with E-state index in [1.165, 1.54) is 0 Å². The van der Waals surface area contributed by atoms with Crippen LogP contribution in [0.3, 0.4) is 0 Å². The zero-order valence-corrected chi connectivity index (χ0v) is 6.80. The summed E-state index contributed by atoms with van der Waals surface area (Å²) >= 11 is 1.14. The zero-order chi connectivity index (χ0) is 8.55. The van der Waals surface area contributed by atoms with Gasteiger partial charge in [0.25, 0.3) is 0 Å². The first kappa shape index (κ1) is 7.24. The van der Waals surface area contributed by atoms with Crippen LogP contribution in [-0.2, 0) is 0 Å². The van der Waals surface area contributed by atoms with Gasteiger partial charge in [-0.2, -0.15) is 0 Å². The van der Waals surface area contributed by atoms with Gasteiger partial charge in [0.15, 0.2) is 0 Å². The molecule has 1 heterocycles. The number of fused-ring (bicyclic) bond motifs is 1. The summed E-state index contributed by atoms with van der Waals surface area (Å²) in [4.78, 5) is 10.2. The van der Waals surface area contributed by atoms with E-state index in [4.69, 9.17) is 0 Å². The molecule has 2 aliphatic rings. The highest BCUT2D eigenvalue weighted by Crippen LogP contribution is 2.34. The lowest BCUT2D eigenvalue weighted by Gasteiger charge is -1.96. The highest BCUT2D eigenvalue weighted by Gasteiger charge is 2.16. The summed E-state index contributed by atoms with van der Waals surface area (Å²) in [6, 6.07) is 8.15. The van der Waals surface area contributed by atoms with E-state index in [9.17, 15) is 10.1 Å². The van der Waals surface area contributed by atoms with Crippen LogP contribution in [0.15, 0.2) is 23.6 Å². The van der Waals surface area contributed by atoms with Crippen molar-refractivity contribution >= 4 is 16.3 Å². The molecule has 3 nitrogen and oxygen atoms in total. The van der Waals surface area contributed by atoms with Gasteiger partial charge >= 0.3 is 5.00 Å². The van der Waals surface area contributed by atoms with Crippen molar-refractivity contribution in [3.05, 3.63) is 39.8 Å². The number of nitro groups is 1. The first-order valence-electron chi connectivity index (χ1n) is 3.31. The second kappa shape index (κ2) is 2.57. The standard InChI is InChI=1S/C8H4NO2S/c10-9(11)8-7-3-1-2-6(7)4-5-12-8/h1,3-5H. The topological polar surface area (TPSA) is 43.1 Å². The van der Waals surface area contributed by atoms with Crippen molar-refractivity contribution < 1.29 is 4.92 Å². The molecule has 0 aromatic carbocycles. The molecule has 12 heavy (non-hydrogen) atoms. The number of rotatable bonds is 1. The highest BCUT2D eigenvalue weighted by atomic mass is 32.1. The molecule has 0 saturated carbocycles. The van der Waals surface area contributed by atoms with Crippen molar-refractivity contribution in [3.63, 3.8) is 0 Å². The van der Waals surface area contributed by atoms with Crippen LogP contribution in [0, 0.1) is 16.2 Å². The maximum absolute atomic E-state index is 10.5. The van der Waals surface area contributed by atoms with Gasteiger partial charge in [-0.3, -0.25) is 10.1 Å². The van der Waals surface area contributed by atoms with E-state index in [0.717, 1.165) is 16.9 Å². The van der Waals surface area contributed by atoms with E-state index in [0.29, 0.717) is 5.56 Å². The number of hydrogen-bond acceptors (Lipinski definition) is 3. The van der Waals surface area contributed by atoms with Gasteiger partial charge in [-0.25, -0.2) is 0 Å². The molecule has 0 bridgehead atoms. The molecule has 0 amide bonds. The minimum absolute atomic E-state index is 0.189. The third kappa shape index (κ3) is 0.967. The molecular formula is C8H4NO2S. The monoisotopic (exact) mass is 178 g/mol. The highest BCUT2D eigenvalue weighted by molar-refractivity contribution is 7.13. The summed E-state index contributed by atoms with van der Waals surface area (Å²) in [5.74, 6) is 0. The van der Waals surface area contributed by atoms with Gasteiger partial charge in [0.2, 0.25) is 0 Å². The first-order valence-corrected chi connectivity index (χ1v) is 4.19. The molecule has 1 aliphatic heterocycles. The minimum Gasteiger partial charge on any atom is -0.258 e. The summed E-state index contributed by atoms with van der Waals surface area (Å²) in [5, 5.41) is 12.4. The fraction of sp³-hybridized carbons (Fsp3) is 0. The van der Waals surface area contributed by atoms with Crippen LogP contribution < -0.4 is 0 Å². The Morgan fingerprint density at radius 3 is 3.08 bits per heavy atom. The predicted molar refractivity (Wildman–Crippen MR) is 46.4 cm³/mol. The summed E-state index contributed by atoms with van der Waals surface area (Å²) in [6.07, 6.45) is 0. The Kier molecular flexibility index (Phi) is 1.55. The van der Waals surface area contributed by atoms with E-state index in [2.05, 4.69) is 6.07 Å². The summed E-state index contributed by atoms with van der Waals surface area (Å²) in [5.41, 5.74) is 1.48. The fourth-order valence-corrected chi connectivity index (χ4v) is 1.80. The Morgan fingerprint density at radius 1 is 1.50 bits per heavy atom. The molecule has 0 saturated heterocycles. The van der Waals surface area contributed by atoms with E-state index in [1.54, 1.807) is 17.5 Å². The quantitative estimate of drug-likeness (QED) is 0.497. The molecule has 0 N–H and O–H groups in total. The lowest BCUT2D eigenvalue weighted by molar-refractivity contribution is -0.379. The molecule has 0 atom stereocenters. The van der Waals surface area contributed by atoms with Gasteiger partial charge < -0.3 is 0 Å². The van der Waals surface area contributed by atoms with E-state index in [1.807, 2.05) is 6.07 Å². The smallest absolute Gasteiger partial charge is 0.258 e. The molecule has 1 radical (unpaired) electrons. The average molecular weight is 178 g/mol. The maximum atomic E-state index is 10.5. The summed E-state index contributed by atoms with van der Waals surface area (Å²) in [7, 11) is 0. The normalized spacial score (nSPS) is 10.3. The zero-order valence-electron chi connectivity index (χ0n) is 5.98. The van der Waals surface area contributed by atoms with Crippen LogP contribution in [0.5, 0.6) is 0 Å². The van der Waals surface area contributed by atoms with Crippen LogP contribution in [0.4, 0.5) is 5.00 Å². The largest absolute Gasteiger partial charge is 0.331 e. The molecule has 0 unspecified atom stereocenters. The molecule has 4 heteroatoms. The molecule has 0 aromatic heterocycles. The third-order valence-corrected chi connectivity index (χ3v) is 2.45.